The van der Waals surface area contributed by atoms with E-state index in [9.17, 15) is 4.79 Å². The van der Waals surface area contributed by atoms with Crippen LogP contribution < -0.4 is 4.90 Å². The molecule has 2 aromatic carbocycles. The lowest BCUT2D eigenvalue weighted by atomic mass is 10.1. The first kappa shape index (κ1) is 17.6. The van der Waals surface area contributed by atoms with Crippen LogP contribution in [0.15, 0.2) is 54.6 Å². The van der Waals surface area contributed by atoms with Crippen LogP contribution in [0.4, 0.5) is 10.5 Å². The predicted octanol–water partition coefficient (Wildman–Crippen LogP) is 5.12. The molecule has 0 heterocycles. The molecule has 124 valence electrons. The monoisotopic (exact) mass is 321 g/mol. The molecule has 0 unspecified atom stereocenters. The molecule has 24 heavy (non-hydrogen) atoms. The van der Waals surface area contributed by atoms with E-state index in [1.54, 1.807) is 4.90 Å². The lowest BCUT2D eigenvalue weighted by molar-refractivity contribution is 0.0581. The number of ether oxygens (including phenoxy) is 1. The Labute approximate surface area is 144 Å². The maximum absolute atomic E-state index is 12.5. The molecule has 0 saturated carbocycles. The van der Waals surface area contributed by atoms with Crippen LogP contribution in [0.25, 0.3) is 11.1 Å². The molecule has 0 aliphatic carbocycles. The van der Waals surface area contributed by atoms with Crippen LogP contribution in [0.3, 0.4) is 0 Å². The molecule has 0 aliphatic rings. The average Bonchev–Trinajstić information content (AvgIpc) is 2.55. The van der Waals surface area contributed by atoms with Crippen molar-refractivity contribution >= 4 is 11.8 Å². The van der Waals surface area contributed by atoms with Gasteiger partial charge < -0.3 is 4.74 Å². The molecule has 0 bridgehead atoms. The van der Waals surface area contributed by atoms with E-state index >= 15 is 0 Å². The Kier molecular flexibility index (Phi) is 5.65. The summed E-state index contributed by atoms with van der Waals surface area (Å²) in [6.45, 7) is 5.98. The van der Waals surface area contributed by atoms with Crippen molar-refractivity contribution < 1.29 is 9.53 Å². The Bertz CT molecular complexity index is 706. The molecule has 0 radical (unpaired) electrons. The number of carbonyl (C=O) groups is 1. The quantitative estimate of drug-likeness (QED) is 0.732. The van der Waals surface area contributed by atoms with E-state index in [1.807, 2.05) is 63.2 Å². The van der Waals surface area contributed by atoms with Crippen molar-refractivity contribution in [1.82, 2.24) is 0 Å². The van der Waals surface area contributed by atoms with Gasteiger partial charge in [-0.1, -0.05) is 42.5 Å². The van der Waals surface area contributed by atoms with Crippen molar-refractivity contribution in [1.29, 1.82) is 0 Å². The molecular formula is C21H23NO2. The maximum atomic E-state index is 12.5. The minimum atomic E-state index is -0.546. The normalized spacial score (nSPS) is 10.8. The van der Waals surface area contributed by atoms with E-state index in [-0.39, 0.29) is 6.09 Å². The number of carbonyl (C=O) groups excluding carboxylic acids is 1. The molecule has 0 N–H and O–H groups in total. The number of anilines is 1. The zero-order chi connectivity index (χ0) is 17.6. The fraction of sp³-hybridized carbons (Fsp3) is 0.286. The summed E-state index contributed by atoms with van der Waals surface area (Å²) in [5, 5.41) is 0. The van der Waals surface area contributed by atoms with Gasteiger partial charge in [0.15, 0.2) is 0 Å². The second-order valence-corrected chi connectivity index (χ2v) is 6.50. The standard InChI is InChI=1S/C21H23NO2/c1-5-6-16-22(20(23)24-21(2,3)4)19-14-12-18(13-15-19)17-10-8-7-9-11-17/h1,7-15H,6,16H2,2-4H3. The number of terminal acetylenes is 1. The first-order valence-electron chi connectivity index (χ1n) is 8.00. The number of rotatable bonds is 4. The summed E-state index contributed by atoms with van der Waals surface area (Å²) < 4.78 is 5.48. The average molecular weight is 321 g/mol. The summed E-state index contributed by atoms with van der Waals surface area (Å²) in [6, 6.07) is 17.9. The molecular weight excluding hydrogens is 298 g/mol. The zero-order valence-corrected chi connectivity index (χ0v) is 14.5. The van der Waals surface area contributed by atoms with E-state index < -0.39 is 5.60 Å². The highest BCUT2D eigenvalue weighted by atomic mass is 16.6. The molecule has 3 heteroatoms. The second-order valence-electron chi connectivity index (χ2n) is 6.50. The Morgan fingerprint density at radius 1 is 1.04 bits per heavy atom. The number of hydrogen-bond donors (Lipinski definition) is 0. The predicted molar refractivity (Wildman–Crippen MR) is 98.9 cm³/mol. The van der Waals surface area contributed by atoms with Crippen LogP contribution in [0, 0.1) is 12.3 Å². The van der Waals surface area contributed by atoms with Crippen molar-refractivity contribution in [2.24, 2.45) is 0 Å². The van der Waals surface area contributed by atoms with Crippen LogP contribution in [0.1, 0.15) is 27.2 Å². The Morgan fingerprint density at radius 2 is 1.62 bits per heavy atom. The summed E-state index contributed by atoms with van der Waals surface area (Å²) in [5.41, 5.74) is 2.46. The topological polar surface area (TPSA) is 29.5 Å². The molecule has 1 amide bonds. The third kappa shape index (κ3) is 4.89. The highest BCUT2D eigenvalue weighted by Gasteiger charge is 2.23. The third-order valence-electron chi connectivity index (χ3n) is 3.38. The summed E-state index contributed by atoms with van der Waals surface area (Å²) in [7, 11) is 0. The molecule has 0 aromatic heterocycles. The highest BCUT2D eigenvalue weighted by molar-refractivity contribution is 5.88. The van der Waals surface area contributed by atoms with Gasteiger partial charge in [-0.3, -0.25) is 4.90 Å². The lowest BCUT2D eigenvalue weighted by Gasteiger charge is -2.27. The minimum absolute atomic E-state index is 0.384. The van der Waals surface area contributed by atoms with Gasteiger partial charge >= 0.3 is 6.09 Å². The molecule has 2 aromatic rings. The smallest absolute Gasteiger partial charge is 0.414 e. The molecule has 0 spiro atoms. The lowest BCUT2D eigenvalue weighted by Crippen LogP contribution is -2.37. The molecule has 3 nitrogen and oxygen atoms in total. The van der Waals surface area contributed by atoms with Crippen LogP contribution in [0.2, 0.25) is 0 Å². The second kappa shape index (κ2) is 7.70. The summed E-state index contributed by atoms with van der Waals surface area (Å²) in [6.07, 6.45) is 5.44. The number of amides is 1. The van der Waals surface area contributed by atoms with Gasteiger partial charge in [0.25, 0.3) is 0 Å². The van der Waals surface area contributed by atoms with Gasteiger partial charge in [-0.05, 0) is 44.0 Å². The fourth-order valence-corrected chi connectivity index (χ4v) is 2.28. The Balaban J connectivity index is 2.23. The van der Waals surface area contributed by atoms with Crippen LogP contribution in [-0.4, -0.2) is 18.2 Å². The molecule has 0 aliphatic heterocycles. The van der Waals surface area contributed by atoms with Gasteiger partial charge in [0.1, 0.15) is 5.60 Å². The van der Waals surface area contributed by atoms with Gasteiger partial charge in [-0.25, -0.2) is 4.79 Å². The minimum Gasteiger partial charge on any atom is -0.443 e. The molecule has 0 saturated heterocycles. The molecule has 0 atom stereocenters. The number of hydrogen-bond acceptors (Lipinski definition) is 2. The summed E-state index contributed by atoms with van der Waals surface area (Å²) >= 11 is 0. The zero-order valence-electron chi connectivity index (χ0n) is 14.5. The van der Waals surface area contributed by atoms with Crippen molar-refractivity contribution in [3.05, 3.63) is 54.6 Å². The number of benzene rings is 2. The van der Waals surface area contributed by atoms with E-state index in [2.05, 4.69) is 18.1 Å². The summed E-state index contributed by atoms with van der Waals surface area (Å²) in [4.78, 5) is 14.0. The van der Waals surface area contributed by atoms with Crippen molar-refractivity contribution in [2.45, 2.75) is 32.8 Å². The van der Waals surface area contributed by atoms with Crippen molar-refractivity contribution in [3.8, 4) is 23.5 Å². The Morgan fingerprint density at radius 3 is 2.17 bits per heavy atom. The first-order valence-corrected chi connectivity index (χ1v) is 8.00. The number of nitrogens with zero attached hydrogens (tertiary/aromatic N) is 1. The van der Waals surface area contributed by atoms with Gasteiger partial charge in [-0.2, -0.15) is 0 Å². The first-order chi connectivity index (χ1) is 11.4. The fourth-order valence-electron chi connectivity index (χ4n) is 2.28. The van der Waals surface area contributed by atoms with Gasteiger partial charge in [-0.15, -0.1) is 12.3 Å². The maximum Gasteiger partial charge on any atom is 0.414 e. The molecule has 0 fully saturated rings. The van der Waals surface area contributed by atoms with E-state index in [1.165, 1.54) is 0 Å². The molecule has 2 rings (SSSR count). The SMILES string of the molecule is C#CCCN(C(=O)OC(C)(C)C)c1ccc(-c2ccccc2)cc1. The van der Waals surface area contributed by atoms with Crippen LogP contribution in [-0.2, 0) is 4.74 Å². The van der Waals surface area contributed by atoms with Gasteiger partial charge in [0.2, 0.25) is 0 Å². The van der Waals surface area contributed by atoms with Crippen LogP contribution >= 0.6 is 0 Å². The van der Waals surface area contributed by atoms with Gasteiger partial charge in [0.05, 0.1) is 0 Å². The van der Waals surface area contributed by atoms with E-state index in [4.69, 9.17) is 11.2 Å². The Hall–Kier alpha value is -2.73. The third-order valence-corrected chi connectivity index (χ3v) is 3.38. The highest BCUT2D eigenvalue weighted by Crippen LogP contribution is 2.24. The van der Waals surface area contributed by atoms with Gasteiger partial charge in [0, 0.05) is 18.7 Å². The largest absolute Gasteiger partial charge is 0.443 e. The van der Waals surface area contributed by atoms with Crippen molar-refractivity contribution in [2.75, 3.05) is 11.4 Å². The van der Waals surface area contributed by atoms with E-state index in [0.717, 1.165) is 16.8 Å². The van der Waals surface area contributed by atoms with Crippen LogP contribution in [0.5, 0.6) is 0 Å². The van der Waals surface area contributed by atoms with E-state index in [0.29, 0.717) is 13.0 Å². The van der Waals surface area contributed by atoms with Crippen molar-refractivity contribution in [3.63, 3.8) is 0 Å². The summed E-state index contributed by atoms with van der Waals surface area (Å²) in [5.74, 6) is 2.57.